The molecular weight excluding hydrogens is 388 g/mol. The maximum atomic E-state index is 11.1. The lowest BCUT2D eigenvalue weighted by Crippen LogP contribution is -2.02. The van der Waals surface area contributed by atoms with Crippen molar-refractivity contribution in [2.45, 2.75) is 13.8 Å². The molecule has 0 fully saturated rings. The Morgan fingerprint density at radius 1 is 1.16 bits per heavy atom. The third-order valence-corrected chi connectivity index (χ3v) is 5.58. The van der Waals surface area contributed by atoms with E-state index in [1.165, 1.54) is 0 Å². The van der Waals surface area contributed by atoms with Gasteiger partial charge in [-0.05, 0) is 61.9 Å². The van der Waals surface area contributed by atoms with E-state index in [0.717, 1.165) is 45.1 Å². The maximum Gasteiger partial charge on any atom is 0.150 e. The third kappa shape index (κ3) is 3.04. The quantitative estimate of drug-likeness (QED) is 0.356. The number of aromatic amines is 1. The Hall–Kier alpha value is -4.37. The summed E-state index contributed by atoms with van der Waals surface area (Å²) in [5.74, 6) is 0.586. The lowest BCUT2D eigenvalue weighted by atomic mass is 10.0. The second-order valence-corrected chi connectivity index (χ2v) is 7.45. The normalized spacial score (nSPS) is 11.0. The summed E-state index contributed by atoms with van der Waals surface area (Å²) in [4.78, 5) is 18.8. The van der Waals surface area contributed by atoms with E-state index < -0.39 is 0 Å². The minimum absolute atomic E-state index is 0.420. The van der Waals surface area contributed by atoms with Gasteiger partial charge in [-0.1, -0.05) is 0 Å². The fourth-order valence-corrected chi connectivity index (χ4v) is 3.93. The summed E-state index contributed by atoms with van der Waals surface area (Å²) in [6.45, 7) is 3.92. The summed E-state index contributed by atoms with van der Waals surface area (Å²) in [5, 5.41) is 15.2. The van der Waals surface area contributed by atoms with Crippen molar-refractivity contribution in [2.24, 2.45) is 0 Å². The Kier molecular flexibility index (Phi) is 4.30. The highest BCUT2D eigenvalue weighted by atomic mass is 16.3. The van der Waals surface area contributed by atoms with Crippen molar-refractivity contribution in [1.29, 1.82) is 5.26 Å². The Bertz CT molecular complexity index is 1520. The average molecular weight is 406 g/mol. The Labute approximate surface area is 178 Å². The smallest absolute Gasteiger partial charge is 0.150 e. The van der Waals surface area contributed by atoms with Crippen molar-refractivity contribution in [3.05, 3.63) is 77.2 Å². The van der Waals surface area contributed by atoms with E-state index in [1.54, 1.807) is 24.4 Å². The fraction of sp³-hybridized carbons (Fsp3) is 0.0800. The molecule has 5 rings (SSSR count). The van der Waals surface area contributed by atoms with Crippen LogP contribution in [-0.4, -0.2) is 16.3 Å². The zero-order valence-corrected chi connectivity index (χ0v) is 17.0. The number of hydrogen-bond donors (Lipinski definition) is 2. The van der Waals surface area contributed by atoms with E-state index in [1.807, 2.05) is 44.3 Å². The maximum absolute atomic E-state index is 11.1. The van der Waals surface area contributed by atoms with Gasteiger partial charge in [0.2, 0.25) is 0 Å². The molecule has 0 amide bonds. The molecule has 31 heavy (non-hydrogen) atoms. The number of H-pyrrole nitrogens is 1. The average Bonchev–Trinajstić information content (AvgIpc) is 3.42. The van der Waals surface area contributed by atoms with E-state index in [9.17, 15) is 10.1 Å². The molecule has 0 aliphatic carbocycles. The Balaban J connectivity index is 1.70. The van der Waals surface area contributed by atoms with Gasteiger partial charge in [0.25, 0.3) is 0 Å². The Morgan fingerprint density at radius 2 is 2.03 bits per heavy atom. The van der Waals surface area contributed by atoms with Crippen molar-refractivity contribution in [3.63, 3.8) is 0 Å². The van der Waals surface area contributed by atoms with Crippen LogP contribution in [0.4, 0.5) is 11.4 Å². The van der Waals surface area contributed by atoms with Gasteiger partial charge in [0, 0.05) is 39.9 Å². The fourth-order valence-electron chi connectivity index (χ4n) is 3.93. The first-order chi connectivity index (χ1) is 15.1. The zero-order valence-electron chi connectivity index (χ0n) is 17.0. The molecule has 2 aromatic carbocycles. The van der Waals surface area contributed by atoms with Crippen molar-refractivity contribution in [3.8, 4) is 17.4 Å². The van der Waals surface area contributed by atoms with E-state index in [4.69, 9.17) is 4.42 Å². The first kappa shape index (κ1) is 18.6. The zero-order chi connectivity index (χ0) is 21.5. The van der Waals surface area contributed by atoms with E-state index >= 15 is 0 Å². The van der Waals surface area contributed by atoms with E-state index in [0.29, 0.717) is 28.2 Å². The van der Waals surface area contributed by atoms with Crippen LogP contribution in [-0.2, 0) is 0 Å². The highest BCUT2D eigenvalue weighted by molar-refractivity contribution is 5.94. The first-order valence-corrected chi connectivity index (χ1v) is 9.81. The minimum Gasteiger partial charge on any atom is -0.456 e. The minimum atomic E-state index is 0.420. The van der Waals surface area contributed by atoms with Gasteiger partial charge in [0.1, 0.15) is 23.7 Å². The molecule has 5 aromatic rings. The van der Waals surface area contributed by atoms with Gasteiger partial charge >= 0.3 is 0 Å². The summed E-state index contributed by atoms with van der Waals surface area (Å²) in [7, 11) is 0. The number of benzene rings is 2. The van der Waals surface area contributed by atoms with Crippen LogP contribution < -0.4 is 5.32 Å². The van der Waals surface area contributed by atoms with E-state index in [2.05, 4.69) is 21.4 Å². The van der Waals surface area contributed by atoms with Crippen molar-refractivity contribution < 1.29 is 9.21 Å². The highest BCUT2D eigenvalue weighted by Gasteiger charge is 2.19. The molecule has 6 nitrogen and oxygen atoms in total. The topological polar surface area (TPSA) is 94.7 Å². The number of aldehydes is 1. The molecular formula is C25H18N4O2. The number of rotatable bonds is 4. The predicted octanol–water partition coefficient (Wildman–Crippen LogP) is 6.02. The van der Waals surface area contributed by atoms with Crippen LogP contribution in [0.25, 0.3) is 33.2 Å². The number of furan rings is 1. The molecule has 0 saturated heterocycles. The van der Waals surface area contributed by atoms with Crippen LogP contribution in [0.5, 0.6) is 0 Å². The molecule has 150 valence electrons. The van der Waals surface area contributed by atoms with Gasteiger partial charge in [-0.2, -0.15) is 5.26 Å². The number of aryl methyl sites for hydroxylation is 2. The van der Waals surface area contributed by atoms with Crippen LogP contribution in [0, 0.1) is 25.2 Å². The van der Waals surface area contributed by atoms with Gasteiger partial charge in [-0.3, -0.25) is 9.78 Å². The molecule has 0 bridgehead atoms. The SMILES string of the molecule is Cc1ncc(C#N)c(Nc2ccc3[nH]ccc3c2C)c1-c1cc2cc(C=O)ccc2o1. The molecule has 0 spiro atoms. The monoisotopic (exact) mass is 406 g/mol. The number of carbonyl (C=O) groups is 1. The van der Waals surface area contributed by atoms with Gasteiger partial charge in [-0.25, -0.2) is 0 Å². The van der Waals surface area contributed by atoms with Crippen LogP contribution in [0.15, 0.2) is 59.3 Å². The van der Waals surface area contributed by atoms with Gasteiger partial charge in [0.05, 0.1) is 22.5 Å². The van der Waals surface area contributed by atoms with Crippen molar-refractivity contribution >= 4 is 39.5 Å². The van der Waals surface area contributed by atoms with Gasteiger partial charge in [0.15, 0.2) is 0 Å². The second-order valence-electron chi connectivity index (χ2n) is 7.45. The van der Waals surface area contributed by atoms with Crippen LogP contribution >= 0.6 is 0 Å². The molecule has 0 saturated carbocycles. The first-order valence-electron chi connectivity index (χ1n) is 9.81. The number of fused-ring (bicyclic) bond motifs is 2. The molecule has 0 atom stereocenters. The largest absolute Gasteiger partial charge is 0.456 e. The lowest BCUT2D eigenvalue weighted by molar-refractivity contribution is 0.112. The number of nitrogens with zero attached hydrogens (tertiary/aromatic N) is 2. The van der Waals surface area contributed by atoms with Crippen LogP contribution in [0.1, 0.15) is 27.2 Å². The van der Waals surface area contributed by atoms with Crippen molar-refractivity contribution in [2.75, 3.05) is 5.32 Å². The number of hydrogen-bond acceptors (Lipinski definition) is 5. The van der Waals surface area contributed by atoms with Crippen LogP contribution in [0.2, 0.25) is 0 Å². The number of nitrogens with one attached hydrogen (secondary N) is 2. The molecule has 3 aromatic heterocycles. The number of aromatic nitrogens is 2. The predicted molar refractivity (Wildman–Crippen MR) is 121 cm³/mol. The van der Waals surface area contributed by atoms with Gasteiger partial charge in [-0.15, -0.1) is 0 Å². The summed E-state index contributed by atoms with van der Waals surface area (Å²) in [6, 6.07) is 15.4. The summed E-state index contributed by atoms with van der Waals surface area (Å²) < 4.78 is 6.09. The number of carbonyl (C=O) groups excluding carboxylic acids is 1. The molecule has 0 aliphatic heterocycles. The molecule has 0 radical (unpaired) electrons. The number of anilines is 2. The lowest BCUT2D eigenvalue weighted by Gasteiger charge is -2.16. The summed E-state index contributed by atoms with van der Waals surface area (Å²) in [6.07, 6.45) is 4.28. The number of nitriles is 1. The Morgan fingerprint density at radius 3 is 2.84 bits per heavy atom. The van der Waals surface area contributed by atoms with Gasteiger partial charge < -0.3 is 14.7 Å². The second kappa shape index (κ2) is 7.15. The summed E-state index contributed by atoms with van der Waals surface area (Å²) in [5.41, 5.74) is 6.78. The molecule has 6 heteroatoms. The molecule has 0 aliphatic rings. The standard InChI is InChI=1S/C25H18N4O2/c1-14-19-7-8-27-21(19)5-4-20(14)29-25-18(11-26)12-28-15(2)24(25)23-10-17-9-16(13-30)3-6-22(17)31-23/h3-10,12-13,27H,1-2H3,(H,28,29). The van der Waals surface area contributed by atoms with E-state index in [-0.39, 0.29) is 0 Å². The summed E-state index contributed by atoms with van der Waals surface area (Å²) >= 11 is 0. The van der Waals surface area contributed by atoms with Crippen LogP contribution in [0.3, 0.4) is 0 Å². The molecule has 3 heterocycles. The number of pyridine rings is 1. The molecule has 2 N–H and O–H groups in total. The highest BCUT2D eigenvalue weighted by Crippen LogP contribution is 2.39. The van der Waals surface area contributed by atoms with Crippen molar-refractivity contribution in [1.82, 2.24) is 9.97 Å². The third-order valence-electron chi connectivity index (χ3n) is 5.58. The molecule has 0 unspecified atom stereocenters.